The van der Waals surface area contributed by atoms with Crippen molar-refractivity contribution in [3.8, 4) is 0 Å². The molecular weight excluding hydrogens is 236 g/mol. The highest BCUT2D eigenvalue weighted by molar-refractivity contribution is 6.50. The Kier molecular flexibility index (Phi) is 3.01. The zero-order chi connectivity index (χ0) is 13.3. The first kappa shape index (κ1) is 12.1. The largest absolute Gasteiger partial charge is 0.465 e. The van der Waals surface area contributed by atoms with Crippen LogP contribution in [0.1, 0.15) is 0 Å². The summed E-state index contributed by atoms with van der Waals surface area (Å²) in [5, 5.41) is 0. The number of nitrogens with two attached hydrogens (primary N) is 1. The van der Waals surface area contributed by atoms with E-state index in [2.05, 4.69) is 14.5 Å². The van der Waals surface area contributed by atoms with Gasteiger partial charge in [0.15, 0.2) is 5.71 Å². The van der Waals surface area contributed by atoms with Crippen molar-refractivity contribution in [1.82, 2.24) is 0 Å². The molecule has 1 aliphatic heterocycles. The number of methoxy groups -OCH3 is 2. The molecule has 0 fully saturated rings. The Morgan fingerprint density at radius 3 is 2.56 bits per heavy atom. The lowest BCUT2D eigenvalue weighted by Gasteiger charge is -2.13. The van der Waals surface area contributed by atoms with Crippen molar-refractivity contribution in [3.63, 3.8) is 0 Å². The zero-order valence-corrected chi connectivity index (χ0v) is 9.97. The van der Waals surface area contributed by atoms with E-state index in [-0.39, 0.29) is 11.3 Å². The molecule has 1 atom stereocenters. The summed E-state index contributed by atoms with van der Waals surface area (Å²) < 4.78 is 9.27. The lowest BCUT2D eigenvalue weighted by molar-refractivity contribution is -0.137. The first-order valence-corrected chi connectivity index (χ1v) is 5.23. The number of carbonyl (C=O) groups excluding carboxylic acids is 2. The first-order valence-electron chi connectivity index (χ1n) is 5.23. The van der Waals surface area contributed by atoms with Crippen LogP contribution >= 0.6 is 0 Å². The fourth-order valence-electron chi connectivity index (χ4n) is 1.91. The third kappa shape index (κ3) is 1.71. The number of nitrogens with zero attached hydrogens (tertiary/aromatic N) is 1. The SMILES string of the molecule is COC(=O)C1=NC2C=CC=C(N)C2=C1C(=O)OC. The molecule has 2 N–H and O–H groups in total. The number of ether oxygens (including phenoxy) is 2. The highest BCUT2D eigenvalue weighted by Crippen LogP contribution is 2.30. The molecule has 2 aliphatic rings. The summed E-state index contributed by atoms with van der Waals surface area (Å²) >= 11 is 0. The van der Waals surface area contributed by atoms with Crippen molar-refractivity contribution in [2.75, 3.05) is 14.2 Å². The minimum atomic E-state index is -0.682. The Bertz CT molecular complexity index is 540. The quantitative estimate of drug-likeness (QED) is 0.687. The van der Waals surface area contributed by atoms with E-state index >= 15 is 0 Å². The molecule has 0 aromatic heterocycles. The highest BCUT2D eigenvalue weighted by atomic mass is 16.5. The molecular formula is C12H12N2O4. The van der Waals surface area contributed by atoms with E-state index in [0.29, 0.717) is 11.3 Å². The molecule has 6 heteroatoms. The minimum Gasteiger partial charge on any atom is -0.465 e. The van der Waals surface area contributed by atoms with E-state index in [1.54, 1.807) is 18.2 Å². The third-order valence-corrected chi connectivity index (χ3v) is 2.72. The van der Waals surface area contributed by atoms with Crippen molar-refractivity contribution >= 4 is 17.7 Å². The maximum absolute atomic E-state index is 11.8. The van der Waals surface area contributed by atoms with Crippen molar-refractivity contribution in [1.29, 1.82) is 0 Å². The zero-order valence-electron chi connectivity index (χ0n) is 9.97. The van der Waals surface area contributed by atoms with E-state index in [1.807, 2.05) is 0 Å². The summed E-state index contributed by atoms with van der Waals surface area (Å²) in [6, 6.07) is -0.432. The van der Waals surface area contributed by atoms with Gasteiger partial charge in [-0.15, -0.1) is 0 Å². The summed E-state index contributed by atoms with van der Waals surface area (Å²) in [5.41, 5.74) is 6.74. The van der Waals surface area contributed by atoms with Crippen molar-refractivity contribution in [2.24, 2.45) is 10.7 Å². The molecule has 1 aliphatic carbocycles. The van der Waals surface area contributed by atoms with Crippen LogP contribution in [-0.4, -0.2) is 37.9 Å². The predicted octanol–water partition coefficient (Wildman–Crippen LogP) is -0.135. The number of aliphatic imine (C=N–C) groups is 1. The van der Waals surface area contributed by atoms with Crippen LogP contribution in [0.15, 0.2) is 40.1 Å². The Morgan fingerprint density at radius 1 is 1.28 bits per heavy atom. The topological polar surface area (TPSA) is 91.0 Å². The van der Waals surface area contributed by atoms with Gasteiger partial charge in [-0.2, -0.15) is 0 Å². The second-order valence-corrected chi connectivity index (χ2v) is 3.70. The molecule has 1 heterocycles. The van der Waals surface area contributed by atoms with Crippen LogP contribution in [0.4, 0.5) is 0 Å². The van der Waals surface area contributed by atoms with Gasteiger partial charge in [0.25, 0.3) is 0 Å². The number of hydrogen-bond donors (Lipinski definition) is 1. The molecule has 0 amide bonds. The lowest BCUT2D eigenvalue weighted by Crippen LogP contribution is -2.24. The standard InChI is InChI=1S/C12H12N2O4/c1-17-11(15)9-8-6(13)4-3-5-7(8)14-10(9)12(16)18-2/h3-5,7H,13H2,1-2H3. The van der Waals surface area contributed by atoms with Crippen molar-refractivity contribution in [2.45, 2.75) is 6.04 Å². The number of fused-ring (bicyclic) bond motifs is 1. The molecule has 0 saturated heterocycles. The van der Waals surface area contributed by atoms with Gasteiger partial charge in [0.2, 0.25) is 0 Å². The summed E-state index contributed by atoms with van der Waals surface area (Å²) in [5.74, 6) is -1.33. The summed E-state index contributed by atoms with van der Waals surface area (Å²) in [6.45, 7) is 0. The molecule has 2 rings (SSSR count). The fourth-order valence-corrected chi connectivity index (χ4v) is 1.91. The number of rotatable bonds is 2. The molecule has 94 valence electrons. The fraction of sp³-hybridized carbons (Fsp3) is 0.250. The second-order valence-electron chi connectivity index (χ2n) is 3.70. The Morgan fingerprint density at radius 2 is 1.94 bits per heavy atom. The summed E-state index contributed by atoms with van der Waals surface area (Å²) in [6.07, 6.45) is 5.11. The van der Waals surface area contributed by atoms with Crippen LogP contribution in [0.5, 0.6) is 0 Å². The van der Waals surface area contributed by atoms with Gasteiger partial charge < -0.3 is 15.2 Å². The van der Waals surface area contributed by atoms with Gasteiger partial charge >= 0.3 is 11.9 Å². The van der Waals surface area contributed by atoms with E-state index in [0.717, 1.165) is 0 Å². The van der Waals surface area contributed by atoms with Gasteiger partial charge in [-0.1, -0.05) is 12.2 Å². The molecule has 0 saturated carbocycles. The number of esters is 2. The average molecular weight is 248 g/mol. The van der Waals surface area contributed by atoms with E-state index in [4.69, 9.17) is 5.73 Å². The van der Waals surface area contributed by atoms with Gasteiger partial charge in [-0.25, -0.2) is 9.59 Å². The molecule has 0 spiro atoms. The maximum Gasteiger partial charge on any atom is 0.357 e. The average Bonchev–Trinajstić information content (AvgIpc) is 2.77. The normalized spacial score (nSPS) is 21.1. The Hall–Kier alpha value is -2.37. The van der Waals surface area contributed by atoms with Gasteiger partial charge in [-0.3, -0.25) is 4.99 Å². The molecule has 0 radical (unpaired) electrons. The van der Waals surface area contributed by atoms with Crippen LogP contribution in [0.2, 0.25) is 0 Å². The van der Waals surface area contributed by atoms with Crippen molar-refractivity contribution < 1.29 is 19.1 Å². The lowest BCUT2D eigenvalue weighted by atomic mass is 9.95. The summed E-state index contributed by atoms with van der Waals surface area (Å²) in [7, 11) is 2.46. The van der Waals surface area contributed by atoms with Crippen LogP contribution in [0, 0.1) is 0 Å². The molecule has 0 aromatic rings. The maximum atomic E-state index is 11.8. The molecule has 6 nitrogen and oxygen atoms in total. The smallest absolute Gasteiger partial charge is 0.357 e. The highest BCUT2D eigenvalue weighted by Gasteiger charge is 2.37. The van der Waals surface area contributed by atoms with E-state index in [9.17, 15) is 9.59 Å². The number of carbonyl (C=O) groups is 2. The van der Waals surface area contributed by atoms with Gasteiger partial charge in [0.05, 0.1) is 20.3 Å². The predicted molar refractivity (Wildman–Crippen MR) is 63.7 cm³/mol. The van der Waals surface area contributed by atoms with Crippen LogP contribution < -0.4 is 5.73 Å². The summed E-state index contributed by atoms with van der Waals surface area (Å²) in [4.78, 5) is 27.5. The molecule has 1 unspecified atom stereocenters. The number of hydrogen-bond acceptors (Lipinski definition) is 6. The molecule has 0 aromatic carbocycles. The van der Waals surface area contributed by atoms with Gasteiger partial charge in [0.1, 0.15) is 5.57 Å². The molecule has 18 heavy (non-hydrogen) atoms. The number of allylic oxidation sites excluding steroid dienone is 2. The third-order valence-electron chi connectivity index (χ3n) is 2.72. The first-order chi connectivity index (χ1) is 8.60. The van der Waals surface area contributed by atoms with E-state index < -0.39 is 18.0 Å². The van der Waals surface area contributed by atoms with Gasteiger partial charge in [-0.05, 0) is 6.08 Å². The second kappa shape index (κ2) is 4.48. The van der Waals surface area contributed by atoms with Crippen LogP contribution in [0.25, 0.3) is 0 Å². The van der Waals surface area contributed by atoms with Crippen LogP contribution in [0.3, 0.4) is 0 Å². The van der Waals surface area contributed by atoms with E-state index in [1.165, 1.54) is 14.2 Å². The monoisotopic (exact) mass is 248 g/mol. The Balaban J connectivity index is 2.57. The minimum absolute atomic E-state index is 0.0488. The van der Waals surface area contributed by atoms with Crippen LogP contribution in [-0.2, 0) is 19.1 Å². The Labute approximate surface area is 103 Å². The van der Waals surface area contributed by atoms with Crippen molar-refractivity contribution in [3.05, 3.63) is 35.1 Å². The molecule has 0 bridgehead atoms. The van der Waals surface area contributed by atoms with Gasteiger partial charge in [0, 0.05) is 11.3 Å².